The SMILES string of the molecule is C=C1/C=C(c2ccccc2)\N=C(\c2ccccc2)CC=C=C1c1cc(-n2c3ccccc3c3ccc(-c4ccc5c6ccccc6n(-c6ccccc6)c5c4)cc32)c2c3ccccc3c3ccccc3c2c1. The Balaban J connectivity index is 1.05. The van der Waals surface area contributed by atoms with Gasteiger partial charge in [-0.25, -0.2) is 0 Å². The second kappa shape index (κ2) is 16.9. The lowest BCUT2D eigenvalue weighted by Gasteiger charge is -2.19. The first-order chi connectivity index (χ1) is 35.6. The molecule has 13 aromatic rings. The Hall–Kier alpha value is -9.53. The highest BCUT2D eigenvalue weighted by atomic mass is 15.0. The van der Waals surface area contributed by atoms with Crippen molar-refractivity contribution in [3.05, 3.63) is 283 Å². The number of hydrogen-bond donors (Lipinski definition) is 0. The van der Waals surface area contributed by atoms with Gasteiger partial charge in [-0.1, -0.05) is 195 Å². The second-order valence-corrected chi connectivity index (χ2v) is 18.8. The molecule has 0 fully saturated rings. The normalized spacial score (nSPS) is 14.7. The maximum Gasteiger partial charge on any atom is 0.0711 e. The molecule has 0 saturated carbocycles. The molecule has 0 atom stereocenters. The fourth-order valence-corrected chi connectivity index (χ4v) is 11.4. The number of benzene rings is 11. The Morgan fingerprint density at radius 1 is 0.375 bits per heavy atom. The molecule has 0 spiro atoms. The van der Waals surface area contributed by atoms with Crippen LogP contribution >= 0.6 is 0 Å². The highest BCUT2D eigenvalue weighted by Gasteiger charge is 2.22. The standard InChI is InChI=1S/C69H45N3/c1-45-40-63(47-22-7-3-8-23-47)70-62(46-20-5-2-6-21-46)33-19-32-52(45)50-41-61-55-28-12-11-26-53(55)54-27-13-14-31-60(54)69(61)68(44-50)72-65-35-18-16-30-57(65)59-39-37-49(43-67(59)72)48-36-38-58-56-29-15-17-34-64(56)71(66(58)42-48)51-24-9-4-10-25-51/h2-31,34-44H,1,33H2/b63-40-,70-62+. The third-order valence-corrected chi connectivity index (χ3v) is 14.7. The quantitative estimate of drug-likeness (QED) is 0.117. The van der Waals surface area contributed by atoms with Crippen LogP contribution < -0.4 is 0 Å². The van der Waals surface area contributed by atoms with Crippen molar-refractivity contribution < 1.29 is 0 Å². The third kappa shape index (κ3) is 6.71. The Bertz CT molecular complexity index is 4500. The van der Waals surface area contributed by atoms with E-state index in [1.54, 1.807) is 0 Å². The minimum atomic E-state index is 0.604. The molecule has 0 saturated heterocycles. The number of para-hydroxylation sites is 3. The molecule has 2 aromatic heterocycles. The van der Waals surface area contributed by atoms with Gasteiger partial charge in [-0.3, -0.25) is 4.99 Å². The van der Waals surface area contributed by atoms with Crippen LogP contribution in [0, 0.1) is 0 Å². The van der Waals surface area contributed by atoms with E-state index in [9.17, 15) is 0 Å². The summed E-state index contributed by atoms with van der Waals surface area (Å²) in [5, 5.41) is 12.1. The predicted octanol–water partition coefficient (Wildman–Crippen LogP) is 18.0. The molecular formula is C69H45N3. The zero-order valence-corrected chi connectivity index (χ0v) is 39.4. The largest absolute Gasteiger partial charge is 0.309 e. The predicted molar refractivity (Wildman–Crippen MR) is 306 cm³/mol. The Morgan fingerprint density at radius 2 is 0.861 bits per heavy atom. The van der Waals surface area contributed by atoms with Gasteiger partial charge in [0.05, 0.1) is 39.2 Å². The van der Waals surface area contributed by atoms with E-state index < -0.39 is 0 Å². The van der Waals surface area contributed by atoms with Gasteiger partial charge < -0.3 is 9.13 Å². The second-order valence-electron chi connectivity index (χ2n) is 18.8. The molecule has 0 bridgehead atoms. The van der Waals surface area contributed by atoms with Gasteiger partial charge in [-0.05, 0) is 115 Å². The topological polar surface area (TPSA) is 22.2 Å². The van der Waals surface area contributed by atoms with E-state index in [-0.39, 0.29) is 0 Å². The first kappa shape index (κ1) is 41.4. The maximum absolute atomic E-state index is 5.37. The van der Waals surface area contributed by atoms with Crippen molar-refractivity contribution in [2.45, 2.75) is 6.42 Å². The van der Waals surface area contributed by atoms with Crippen molar-refractivity contribution in [1.82, 2.24) is 9.13 Å². The molecule has 1 aliphatic heterocycles. The molecule has 336 valence electrons. The van der Waals surface area contributed by atoms with E-state index >= 15 is 0 Å². The summed E-state index contributed by atoms with van der Waals surface area (Å²) in [6.07, 6.45) is 4.88. The molecule has 72 heavy (non-hydrogen) atoms. The van der Waals surface area contributed by atoms with E-state index in [1.807, 2.05) is 0 Å². The Kier molecular flexibility index (Phi) is 9.70. The summed E-state index contributed by atoms with van der Waals surface area (Å²) in [6, 6.07) is 85.8. The number of hydrogen-bond acceptors (Lipinski definition) is 1. The first-order valence-corrected chi connectivity index (χ1v) is 24.7. The van der Waals surface area contributed by atoms with Crippen LogP contribution in [0.1, 0.15) is 23.1 Å². The van der Waals surface area contributed by atoms with Gasteiger partial charge in [0.25, 0.3) is 0 Å². The van der Waals surface area contributed by atoms with Gasteiger partial charge in [0.1, 0.15) is 0 Å². The van der Waals surface area contributed by atoms with Gasteiger partial charge in [-0.15, -0.1) is 5.73 Å². The summed E-state index contributed by atoms with van der Waals surface area (Å²) < 4.78 is 4.92. The zero-order chi connectivity index (χ0) is 47.7. The van der Waals surface area contributed by atoms with Crippen molar-refractivity contribution in [3.63, 3.8) is 0 Å². The van der Waals surface area contributed by atoms with Gasteiger partial charge in [0.2, 0.25) is 0 Å². The number of rotatable bonds is 6. The van der Waals surface area contributed by atoms with Crippen LogP contribution in [-0.2, 0) is 0 Å². The molecule has 0 unspecified atom stereocenters. The van der Waals surface area contributed by atoms with Gasteiger partial charge >= 0.3 is 0 Å². The van der Waals surface area contributed by atoms with Crippen LogP contribution in [0.5, 0.6) is 0 Å². The molecule has 0 radical (unpaired) electrons. The van der Waals surface area contributed by atoms with Crippen molar-refractivity contribution in [2.75, 3.05) is 0 Å². The summed E-state index contributed by atoms with van der Waals surface area (Å²) in [6.45, 7) is 4.81. The number of nitrogens with zero attached hydrogens (tertiary/aromatic N) is 3. The molecule has 11 aromatic carbocycles. The molecule has 3 heterocycles. The van der Waals surface area contributed by atoms with Crippen LogP contribution in [0.3, 0.4) is 0 Å². The Labute approximate surface area is 417 Å². The summed E-state index contributed by atoms with van der Waals surface area (Å²) in [5.74, 6) is 0. The highest BCUT2D eigenvalue weighted by Crippen LogP contribution is 2.45. The minimum Gasteiger partial charge on any atom is -0.309 e. The number of aliphatic imine (C=N–C) groups is 1. The lowest BCUT2D eigenvalue weighted by Crippen LogP contribution is -2.00. The number of aromatic nitrogens is 2. The molecule has 14 rings (SSSR count). The van der Waals surface area contributed by atoms with Gasteiger partial charge in [0, 0.05) is 50.2 Å². The smallest absolute Gasteiger partial charge is 0.0711 e. The van der Waals surface area contributed by atoms with Crippen molar-refractivity contribution in [1.29, 1.82) is 0 Å². The van der Waals surface area contributed by atoms with Crippen LogP contribution in [-0.4, -0.2) is 14.8 Å². The van der Waals surface area contributed by atoms with E-state index in [2.05, 4.69) is 264 Å². The summed E-state index contributed by atoms with van der Waals surface area (Å²) in [5.41, 5.74) is 19.8. The molecular weight excluding hydrogens is 871 g/mol. The van der Waals surface area contributed by atoms with Crippen LogP contribution in [0.2, 0.25) is 0 Å². The molecule has 1 aliphatic rings. The van der Waals surface area contributed by atoms with Gasteiger partial charge in [-0.2, -0.15) is 0 Å². The average Bonchev–Trinajstić information content (AvgIpc) is 3.98. The van der Waals surface area contributed by atoms with E-state index in [1.165, 1.54) is 64.9 Å². The maximum atomic E-state index is 5.37. The number of allylic oxidation sites excluding steroid dienone is 3. The summed E-state index contributed by atoms with van der Waals surface area (Å²) in [4.78, 5) is 5.37. The van der Waals surface area contributed by atoms with Crippen LogP contribution in [0.4, 0.5) is 0 Å². The molecule has 3 heteroatoms. The van der Waals surface area contributed by atoms with Crippen molar-refractivity contribution in [2.24, 2.45) is 4.99 Å². The Morgan fingerprint density at radius 3 is 1.50 bits per heavy atom. The van der Waals surface area contributed by atoms with Crippen molar-refractivity contribution in [3.8, 4) is 22.5 Å². The first-order valence-electron chi connectivity index (χ1n) is 24.7. The van der Waals surface area contributed by atoms with Gasteiger partial charge in [0.15, 0.2) is 0 Å². The molecule has 0 N–H and O–H groups in total. The highest BCUT2D eigenvalue weighted by molar-refractivity contribution is 6.28. The van der Waals surface area contributed by atoms with E-state index in [0.29, 0.717) is 6.42 Å². The van der Waals surface area contributed by atoms with Crippen molar-refractivity contribution >= 4 is 92.9 Å². The lowest BCUT2D eigenvalue weighted by atomic mass is 9.89. The lowest BCUT2D eigenvalue weighted by molar-refractivity contribution is 1.18. The fourth-order valence-electron chi connectivity index (χ4n) is 11.4. The average molecular weight is 916 g/mol. The zero-order valence-electron chi connectivity index (χ0n) is 39.4. The van der Waals surface area contributed by atoms with E-state index in [0.717, 1.165) is 72.8 Å². The summed E-state index contributed by atoms with van der Waals surface area (Å²) in [7, 11) is 0. The van der Waals surface area contributed by atoms with E-state index in [4.69, 9.17) is 11.6 Å². The summed E-state index contributed by atoms with van der Waals surface area (Å²) >= 11 is 0. The van der Waals surface area contributed by atoms with Crippen LogP contribution in [0.15, 0.2) is 272 Å². The number of fused-ring (bicyclic) bond motifs is 12. The molecule has 0 amide bonds. The fraction of sp³-hybridized carbons (Fsp3) is 0.0145. The molecule has 3 nitrogen and oxygen atoms in total. The minimum absolute atomic E-state index is 0.604. The third-order valence-electron chi connectivity index (χ3n) is 14.7. The van der Waals surface area contributed by atoms with Crippen LogP contribution in [0.25, 0.3) is 110 Å². The molecule has 0 aliphatic carbocycles. The monoisotopic (exact) mass is 915 g/mol.